The number of hydrogen-bond donors (Lipinski definition) is 3. The van der Waals surface area contributed by atoms with E-state index in [4.69, 9.17) is 10.6 Å². The second-order valence-electron chi connectivity index (χ2n) is 10.7. The van der Waals surface area contributed by atoms with Crippen LogP contribution in [0.2, 0.25) is 0 Å². The molecule has 5 heteroatoms. The molecule has 28 heavy (non-hydrogen) atoms. The zero-order valence-corrected chi connectivity index (χ0v) is 17.8. The Morgan fingerprint density at radius 1 is 1.07 bits per heavy atom. The summed E-state index contributed by atoms with van der Waals surface area (Å²) in [4.78, 5) is 5.17. The molecule has 0 bridgehead atoms. The van der Waals surface area contributed by atoms with Crippen molar-refractivity contribution in [1.29, 1.82) is 0 Å². The minimum Gasteiger partial charge on any atom is -0.395 e. The number of nitrogens with two attached hydrogens (primary N) is 1. The van der Waals surface area contributed by atoms with Crippen molar-refractivity contribution in [3.8, 4) is 0 Å². The Labute approximate surface area is 170 Å². The molecule has 160 valence electrons. The highest BCUT2D eigenvalue weighted by Crippen LogP contribution is 2.69. The lowest BCUT2D eigenvalue weighted by Crippen LogP contribution is -2.62. The predicted molar refractivity (Wildman–Crippen MR) is 111 cm³/mol. The maximum absolute atomic E-state index is 12.1. The molecule has 4 fully saturated rings. The molecule has 0 aromatic carbocycles. The lowest BCUT2D eigenvalue weighted by molar-refractivity contribution is -0.209. The Hall–Kier alpha value is -0.650. The fraction of sp³-hybridized carbons (Fsp3) is 0.957. The monoisotopic (exact) mass is 392 g/mol. The molecular weight excluding hydrogens is 352 g/mol. The fourth-order valence-electron chi connectivity index (χ4n) is 8.02. The lowest BCUT2D eigenvalue weighted by atomic mass is 9.43. The van der Waals surface area contributed by atoms with Crippen molar-refractivity contribution in [3.05, 3.63) is 0 Å². The van der Waals surface area contributed by atoms with E-state index < -0.39 is 5.60 Å². The van der Waals surface area contributed by atoms with Crippen LogP contribution in [0.5, 0.6) is 0 Å². The van der Waals surface area contributed by atoms with E-state index in [0.29, 0.717) is 42.2 Å². The molecule has 0 spiro atoms. The molecule has 0 aromatic rings. The van der Waals surface area contributed by atoms with Crippen LogP contribution in [0.15, 0.2) is 5.16 Å². The molecular formula is C23H40N2O3. The zero-order chi connectivity index (χ0) is 20.0. The lowest BCUT2D eigenvalue weighted by Gasteiger charge is -2.63. The van der Waals surface area contributed by atoms with E-state index in [2.05, 4.69) is 19.0 Å². The Balaban J connectivity index is 1.51. The third kappa shape index (κ3) is 3.04. The third-order valence-electron chi connectivity index (χ3n) is 9.76. The Kier molecular flexibility index (Phi) is 5.56. The van der Waals surface area contributed by atoms with Gasteiger partial charge in [-0.05, 0) is 98.7 Å². The van der Waals surface area contributed by atoms with Gasteiger partial charge in [0.2, 0.25) is 0 Å². The van der Waals surface area contributed by atoms with Crippen LogP contribution in [0, 0.1) is 34.5 Å². The molecule has 4 N–H and O–H groups in total. The van der Waals surface area contributed by atoms with Crippen LogP contribution in [-0.2, 0) is 4.84 Å². The summed E-state index contributed by atoms with van der Waals surface area (Å²) in [6, 6.07) is 0. The minimum absolute atomic E-state index is 0.0224. The molecule has 0 saturated heterocycles. The van der Waals surface area contributed by atoms with Gasteiger partial charge < -0.3 is 20.8 Å². The van der Waals surface area contributed by atoms with Gasteiger partial charge in [0, 0.05) is 12.8 Å². The van der Waals surface area contributed by atoms with E-state index in [1.807, 2.05) is 6.21 Å². The Morgan fingerprint density at radius 2 is 1.89 bits per heavy atom. The highest BCUT2D eigenvalue weighted by atomic mass is 16.6. The first-order chi connectivity index (χ1) is 13.3. The molecule has 0 aromatic heterocycles. The van der Waals surface area contributed by atoms with Gasteiger partial charge in [0.1, 0.15) is 6.61 Å². The average Bonchev–Trinajstić information content (AvgIpc) is 2.93. The number of oxime groups is 1. The Morgan fingerprint density at radius 3 is 2.68 bits per heavy atom. The predicted octanol–water partition coefficient (Wildman–Crippen LogP) is 3.47. The number of fused-ring (bicyclic) bond motifs is 5. The second-order valence-corrected chi connectivity index (χ2v) is 10.7. The highest BCUT2D eigenvalue weighted by molar-refractivity contribution is 5.57. The summed E-state index contributed by atoms with van der Waals surface area (Å²) in [6.45, 7) is 5.76. The smallest absolute Gasteiger partial charge is 0.129 e. The number of aliphatic hydroxyl groups excluding tert-OH is 1. The molecule has 0 radical (unpaired) electrons. The van der Waals surface area contributed by atoms with E-state index >= 15 is 0 Å². The molecule has 4 rings (SSSR count). The molecule has 0 amide bonds. The van der Waals surface area contributed by atoms with Crippen molar-refractivity contribution < 1.29 is 15.1 Å². The molecule has 0 aliphatic heterocycles. The van der Waals surface area contributed by atoms with Crippen molar-refractivity contribution in [1.82, 2.24) is 0 Å². The van der Waals surface area contributed by atoms with Crippen molar-refractivity contribution in [2.24, 2.45) is 45.4 Å². The quantitative estimate of drug-likeness (QED) is 0.380. The van der Waals surface area contributed by atoms with Crippen LogP contribution < -0.4 is 5.73 Å². The molecule has 0 unspecified atom stereocenters. The van der Waals surface area contributed by atoms with E-state index in [1.54, 1.807) is 0 Å². The first-order valence-electron chi connectivity index (χ1n) is 11.6. The van der Waals surface area contributed by atoms with E-state index in [0.717, 1.165) is 51.4 Å². The van der Waals surface area contributed by atoms with Crippen molar-refractivity contribution in [3.63, 3.8) is 0 Å². The average molecular weight is 393 g/mol. The van der Waals surface area contributed by atoms with E-state index in [-0.39, 0.29) is 11.5 Å². The second kappa shape index (κ2) is 7.55. The normalized spacial score (nSPS) is 50.8. The van der Waals surface area contributed by atoms with Gasteiger partial charge in [-0.15, -0.1) is 0 Å². The van der Waals surface area contributed by atoms with Gasteiger partial charge in [-0.25, -0.2) is 0 Å². The van der Waals surface area contributed by atoms with Crippen LogP contribution in [-0.4, -0.2) is 41.3 Å². The summed E-state index contributed by atoms with van der Waals surface area (Å²) in [6.07, 6.45) is 12.3. The van der Waals surface area contributed by atoms with Crippen LogP contribution >= 0.6 is 0 Å². The van der Waals surface area contributed by atoms with Gasteiger partial charge in [-0.2, -0.15) is 0 Å². The number of nitrogens with zero attached hydrogens (tertiary/aromatic N) is 1. The molecule has 4 aliphatic rings. The molecule has 0 heterocycles. The number of hydrogen-bond acceptors (Lipinski definition) is 5. The van der Waals surface area contributed by atoms with E-state index in [1.165, 1.54) is 12.8 Å². The maximum atomic E-state index is 12.1. The molecule has 4 saturated carbocycles. The van der Waals surface area contributed by atoms with Gasteiger partial charge in [0.25, 0.3) is 0 Å². The standard InChI is InChI=1S/C23H40N2O3/c1-21-9-6-18(26)15-17(21)3-4-20-19(21)7-10-22(2)16(5-11-23(20,22)27)8-13-25-28-14-12-24/h13,16-20,26-27H,3-12,14-15,24H2,1-2H3/b25-13+/t16-,17+,18-,19-,20+,21-,22+,23-/m0/s1. The summed E-state index contributed by atoms with van der Waals surface area (Å²) in [5.74, 6) is 2.13. The summed E-state index contributed by atoms with van der Waals surface area (Å²) in [7, 11) is 0. The number of rotatable bonds is 5. The van der Waals surface area contributed by atoms with Crippen LogP contribution in [0.4, 0.5) is 0 Å². The number of aliphatic hydroxyl groups is 2. The summed E-state index contributed by atoms with van der Waals surface area (Å²) in [5.41, 5.74) is 5.17. The minimum atomic E-state index is -0.545. The van der Waals surface area contributed by atoms with Crippen molar-refractivity contribution >= 4 is 6.21 Å². The van der Waals surface area contributed by atoms with Crippen LogP contribution in [0.1, 0.15) is 78.1 Å². The van der Waals surface area contributed by atoms with Gasteiger partial charge in [0.15, 0.2) is 0 Å². The van der Waals surface area contributed by atoms with Crippen molar-refractivity contribution in [2.75, 3.05) is 13.2 Å². The van der Waals surface area contributed by atoms with Crippen LogP contribution in [0.25, 0.3) is 0 Å². The molecule has 8 atom stereocenters. The Bertz CT molecular complexity index is 598. The molecule has 5 nitrogen and oxygen atoms in total. The highest BCUT2D eigenvalue weighted by Gasteiger charge is 2.66. The largest absolute Gasteiger partial charge is 0.395 e. The first-order valence-corrected chi connectivity index (χ1v) is 11.6. The first kappa shape index (κ1) is 20.6. The third-order valence-corrected chi connectivity index (χ3v) is 9.76. The summed E-state index contributed by atoms with van der Waals surface area (Å²) in [5, 5.41) is 26.3. The summed E-state index contributed by atoms with van der Waals surface area (Å²) >= 11 is 0. The topological polar surface area (TPSA) is 88.1 Å². The van der Waals surface area contributed by atoms with Crippen LogP contribution in [0.3, 0.4) is 0 Å². The SMILES string of the molecule is C[C@]12CC[C@H](O)C[C@H]1CC[C@@H]1[C@@H]2CC[C@]2(C)[C@H](C/C=N/OCCN)CC[C@]12O. The van der Waals surface area contributed by atoms with Gasteiger partial charge in [-0.3, -0.25) is 0 Å². The van der Waals surface area contributed by atoms with Gasteiger partial charge >= 0.3 is 0 Å². The maximum Gasteiger partial charge on any atom is 0.129 e. The summed E-state index contributed by atoms with van der Waals surface area (Å²) < 4.78 is 0. The van der Waals surface area contributed by atoms with Gasteiger partial charge in [-0.1, -0.05) is 19.0 Å². The zero-order valence-electron chi connectivity index (χ0n) is 17.8. The van der Waals surface area contributed by atoms with Crippen molar-refractivity contribution in [2.45, 2.75) is 89.8 Å². The fourth-order valence-corrected chi connectivity index (χ4v) is 8.02. The van der Waals surface area contributed by atoms with Gasteiger partial charge in [0.05, 0.1) is 11.7 Å². The molecule has 4 aliphatic carbocycles. The van der Waals surface area contributed by atoms with E-state index in [9.17, 15) is 10.2 Å².